The minimum atomic E-state index is -3.74. The number of fused-ring (bicyclic) bond motifs is 1. The molecule has 6 heteroatoms. The van der Waals surface area contributed by atoms with Crippen LogP contribution in [0.1, 0.15) is 0 Å². The fourth-order valence-corrected chi connectivity index (χ4v) is 2.85. The lowest BCUT2D eigenvalue weighted by Crippen LogP contribution is -2.13. The topological polar surface area (TPSA) is 73.3 Å². The molecular formula is C14H12ClNO3S. The van der Waals surface area contributed by atoms with Crippen LogP contribution in [0.15, 0.2) is 64.1 Å². The van der Waals surface area contributed by atoms with Crippen LogP contribution < -0.4 is 5.14 Å². The van der Waals surface area contributed by atoms with E-state index in [0.29, 0.717) is 5.56 Å². The molecule has 1 heterocycles. The molecule has 4 nitrogen and oxygen atoms in total. The molecule has 0 saturated heterocycles. The van der Waals surface area contributed by atoms with E-state index in [1.807, 2.05) is 24.3 Å². The van der Waals surface area contributed by atoms with Crippen molar-refractivity contribution in [3.63, 3.8) is 0 Å². The Kier molecular flexibility index (Phi) is 3.85. The summed E-state index contributed by atoms with van der Waals surface area (Å²) in [6.45, 7) is 0. The molecule has 1 aromatic heterocycles. The Morgan fingerprint density at radius 3 is 2.50 bits per heavy atom. The monoisotopic (exact) mass is 309 g/mol. The number of furan rings is 1. The van der Waals surface area contributed by atoms with Gasteiger partial charge in [0.2, 0.25) is 10.0 Å². The molecule has 0 unspecified atom stereocenters. The van der Waals surface area contributed by atoms with E-state index in [0.717, 1.165) is 16.5 Å². The predicted molar refractivity (Wildman–Crippen MR) is 80.3 cm³/mol. The fraction of sp³-hybridized carbons (Fsp3) is 0. The molecule has 3 rings (SSSR count). The van der Waals surface area contributed by atoms with Crippen LogP contribution in [-0.4, -0.2) is 8.42 Å². The van der Waals surface area contributed by atoms with E-state index in [-0.39, 0.29) is 17.3 Å². The summed E-state index contributed by atoms with van der Waals surface area (Å²) in [6.07, 6.45) is 1.60. The van der Waals surface area contributed by atoms with E-state index in [4.69, 9.17) is 9.56 Å². The van der Waals surface area contributed by atoms with Crippen LogP contribution in [0.4, 0.5) is 0 Å². The van der Waals surface area contributed by atoms with Gasteiger partial charge in [-0.3, -0.25) is 0 Å². The van der Waals surface area contributed by atoms with Gasteiger partial charge >= 0.3 is 0 Å². The van der Waals surface area contributed by atoms with Gasteiger partial charge in [0, 0.05) is 10.9 Å². The van der Waals surface area contributed by atoms with Gasteiger partial charge in [-0.2, -0.15) is 0 Å². The minimum Gasteiger partial charge on any atom is -0.464 e. The first-order valence-corrected chi connectivity index (χ1v) is 7.20. The Balaban J connectivity index is 0.00000147. The molecule has 0 spiro atoms. The van der Waals surface area contributed by atoms with Crippen molar-refractivity contribution in [1.82, 2.24) is 0 Å². The van der Waals surface area contributed by atoms with Crippen LogP contribution in [0.2, 0.25) is 0 Å². The Labute approximate surface area is 122 Å². The second kappa shape index (κ2) is 5.28. The summed E-state index contributed by atoms with van der Waals surface area (Å²) >= 11 is 0. The van der Waals surface area contributed by atoms with Crippen LogP contribution in [0.5, 0.6) is 0 Å². The second-order valence-electron chi connectivity index (χ2n) is 4.21. The van der Waals surface area contributed by atoms with E-state index in [9.17, 15) is 8.42 Å². The molecule has 0 atom stereocenters. The maximum atomic E-state index is 11.6. The number of sulfonamides is 1. The van der Waals surface area contributed by atoms with Crippen LogP contribution >= 0.6 is 12.4 Å². The molecule has 0 saturated carbocycles. The van der Waals surface area contributed by atoms with Crippen LogP contribution in [-0.2, 0) is 10.0 Å². The average molecular weight is 310 g/mol. The number of nitrogens with two attached hydrogens (primary N) is 1. The highest BCUT2D eigenvalue weighted by Gasteiger charge is 2.14. The first-order valence-electron chi connectivity index (χ1n) is 5.65. The molecule has 0 bridgehead atoms. The van der Waals surface area contributed by atoms with Crippen molar-refractivity contribution in [2.75, 3.05) is 0 Å². The van der Waals surface area contributed by atoms with E-state index in [2.05, 4.69) is 0 Å². The number of benzene rings is 2. The highest BCUT2D eigenvalue weighted by molar-refractivity contribution is 7.89. The molecular weight excluding hydrogens is 298 g/mol. The third kappa shape index (κ3) is 2.56. The third-order valence-corrected chi connectivity index (χ3v) is 3.93. The summed E-state index contributed by atoms with van der Waals surface area (Å²) in [4.78, 5) is 0.123. The number of halogens is 1. The fourth-order valence-electron chi connectivity index (χ4n) is 2.09. The summed E-state index contributed by atoms with van der Waals surface area (Å²) in [5.41, 5.74) is 2.14. The highest BCUT2D eigenvalue weighted by Crippen LogP contribution is 2.29. The van der Waals surface area contributed by atoms with Gasteiger partial charge in [-0.1, -0.05) is 24.3 Å². The molecule has 2 aromatic carbocycles. The lowest BCUT2D eigenvalue weighted by Gasteiger charge is -2.07. The van der Waals surface area contributed by atoms with E-state index in [1.165, 1.54) is 6.07 Å². The van der Waals surface area contributed by atoms with Gasteiger partial charge in [-0.15, -0.1) is 12.4 Å². The maximum absolute atomic E-state index is 11.6. The maximum Gasteiger partial charge on any atom is 0.238 e. The Hall–Kier alpha value is -1.82. The highest BCUT2D eigenvalue weighted by atomic mass is 35.5. The minimum absolute atomic E-state index is 0. The number of hydrogen-bond donors (Lipinski definition) is 1. The molecule has 0 aliphatic heterocycles. The predicted octanol–water partition coefficient (Wildman–Crippen LogP) is 3.17. The molecule has 0 fully saturated rings. The van der Waals surface area contributed by atoms with Gasteiger partial charge in [-0.25, -0.2) is 13.6 Å². The summed E-state index contributed by atoms with van der Waals surface area (Å²) in [5.74, 6) is 0. The Bertz CT molecular complexity index is 855. The van der Waals surface area contributed by atoms with E-state index >= 15 is 0 Å². The molecule has 0 aliphatic carbocycles. The van der Waals surface area contributed by atoms with Crippen LogP contribution in [0.25, 0.3) is 22.1 Å². The van der Waals surface area contributed by atoms with Crippen LogP contribution in [0.3, 0.4) is 0 Å². The normalized spacial score (nSPS) is 11.2. The molecule has 2 N–H and O–H groups in total. The van der Waals surface area contributed by atoms with Crippen molar-refractivity contribution in [2.24, 2.45) is 5.14 Å². The zero-order chi connectivity index (χ0) is 13.5. The Morgan fingerprint density at radius 2 is 1.75 bits per heavy atom. The second-order valence-corrected chi connectivity index (χ2v) is 5.74. The van der Waals surface area contributed by atoms with Crippen molar-refractivity contribution in [1.29, 1.82) is 0 Å². The Morgan fingerprint density at radius 1 is 1.00 bits per heavy atom. The number of primary sulfonamides is 1. The summed E-state index contributed by atoms with van der Waals surface area (Å²) < 4.78 is 28.5. The zero-order valence-electron chi connectivity index (χ0n) is 10.3. The molecule has 0 amide bonds. The largest absolute Gasteiger partial charge is 0.464 e. The molecule has 3 aromatic rings. The van der Waals surface area contributed by atoms with Crippen molar-refractivity contribution >= 4 is 33.4 Å². The van der Waals surface area contributed by atoms with Crippen molar-refractivity contribution in [2.45, 2.75) is 4.90 Å². The average Bonchev–Trinajstić information content (AvgIpc) is 2.85. The van der Waals surface area contributed by atoms with Crippen molar-refractivity contribution in [3.05, 3.63) is 54.8 Å². The lowest BCUT2D eigenvalue weighted by molar-refractivity contribution is 0.598. The zero-order valence-corrected chi connectivity index (χ0v) is 11.9. The smallest absolute Gasteiger partial charge is 0.238 e. The first-order chi connectivity index (χ1) is 9.05. The van der Waals surface area contributed by atoms with Crippen LogP contribution in [0, 0.1) is 0 Å². The summed E-state index contributed by atoms with van der Waals surface area (Å²) in [5, 5.41) is 6.16. The van der Waals surface area contributed by atoms with Gasteiger partial charge in [0.1, 0.15) is 5.58 Å². The SMILES string of the molecule is Cl.NS(=O)(=O)c1ccccc1-c1ccc2occc2c1. The van der Waals surface area contributed by atoms with Crippen molar-refractivity contribution in [3.8, 4) is 11.1 Å². The van der Waals surface area contributed by atoms with Gasteiger partial charge in [0.05, 0.1) is 11.2 Å². The van der Waals surface area contributed by atoms with Gasteiger partial charge in [-0.05, 0) is 29.8 Å². The molecule has 0 aliphatic rings. The third-order valence-electron chi connectivity index (χ3n) is 2.96. The molecule has 20 heavy (non-hydrogen) atoms. The molecule has 0 radical (unpaired) electrons. The summed E-state index contributed by atoms with van der Waals surface area (Å²) in [7, 11) is -3.74. The quantitative estimate of drug-likeness (QED) is 0.790. The first kappa shape index (κ1) is 14.6. The van der Waals surface area contributed by atoms with Gasteiger partial charge in [0.25, 0.3) is 0 Å². The number of rotatable bonds is 2. The van der Waals surface area contributed by atoms with E-state index < -0.39 is 10.0 Å². The lowest BCUT2D eigenvalue weighted by atomic mass is 10.0. The van der Waals surface area contributed by atoms with Gasteiger partial charge < -0.3 is 4.42 Å². The summed E-state index contributed by atoms with van der Waals surface area (Å²) in [6, 6.07) is 14.0. The standard InChI is InChI=1S/C14H11NO3S.ClH/c15-19(16,17)14-4-2-1-3-12(14)10-5-6-13-11(9-10)7-8-18-13;/h1-9H,(H2,15,16,17);1H. The van der Waals surface area contributed by atoms with E-state index in [1.54, 1.807) is 24.5 Å². The van der Waals surface area contributed by atoms with Gasteiger partial charge in [0.15, 0.2) is 0 Å². The molecule has 104 valence electrons. The number of hydrogen-bond acceptors (Lipinski definition) is 3. The van der Waals surface area contributed by atoms with Crippen molar-refractivity contribution < 1.29 is 12.8 Å².